The number of aromatic nitrogens is 1. The summed E-state index contributed by atoms with van der Waals surface area (Å²) in [6.07, 6.45) is 8.52. The Kier molecular flexibility index (Phi) is 4.78. The van der Waals surface area contributed by atoms with Crippen molar-refractivity contribution in [2.75, 3.05) is 13.1 Å². The number of nitrogens with zero attached hydrogens (tertiary/aromatic N) is 1. The Morgan fingerprint density at radius 3 is 2.82 bits per heavy atom. The SMILES string of the molecule is O=C(O)n1ccc2ccc(CCNCC3CCCCC3)cc21. The molecule has 0 aliphatic heterocycles. The van der Waals surface area contributed by atoms with Crippen molar-refractivity contribution in [2.45, 2.75) is 38.5 Å². The molecule has 1 saturated carbocycles. The number of hydrogen-bond donors (Lipinski definition) is 2. The average Bonchev–Trinajstić information content (AvgIpc) is 2.96. The summed E-state index contributed by atoms with van der Waals surface area (Å²) in [6.45, 7) is 2.07. The molecule has 0 amide bonds. The van der Waals surface area contributed by atoms with Crippen LogP contribution in [0, 0.1) is 5.92 Å². The largest absolute Gasteiger partial charge is 0.464 e. The third-order valence-electron chi connectivity index (χ3n) is 4.71. The number of fused-ring (bicyclic) bond motifs is 1. The van der Waals surface area contributed by atoms with Crippen molar-refractivity contribution >= 4 is 17.0 Å². The van der Waals surface area contributed by atoms with Gasteiger partial charge in [0, 0.05) is 11.6 Å². The van der Waals surface area contributed by atoms with Crippen LogP contribution in [-0.4, -0.2) is 28.9 Å². The zero-order valence-electron chi connectivity index (χ0n) is 12.9. The van der Waals surface area contributed by atoms with Crippen LogP contribution in [0.2, 0.25) is 0 Å². The number of nitrogens with one attached hydrogen (secondary N) is 1. The van der Waals surface area contributed by atoms with Gasteiger partial charge >= 0.3 is 6.09 Å². The highest BCUT2D eigenvalue weighted by molar-refractivity contribution is 5.89. The van der Waals surface area contributed by atoms with Crippen molar-refractivity contribution < 1.29 is 9.90 Å². The number of hydrogen-bond acceptors (Lipinski definition) is 2. The van der Waals surface area contributed by atoms with Crippen LogP contribution < -0.4 is 5.32 Å². The Hall–Kier alpha value is -1.81. The predicted octanol–water partition coefficient (Wildman–Crippen LogP) is 3.88. The Balaban J connectivity index is 1.54. The summed E-state index contributed by atoms with van der Waals surface area (Å²) >= 11 is 0. The lowest BCUT2D eigenvalue weighted by Gasteiger charge is -2.21. The molecule has 118 valence electrons. The van der Waals surface area contributed by atoms with Crippen molar-refractivity contribution in [3.05, 3.63) is 36.0 Å². The number of carbonyl (C=O) groups is 1. The van der Waals surface area contributed by atoms with Crippen LogP contribution in [0.5, 0.6) is 0 Å². The fourth-order valence-electron chi connectivity index (χ4n) is 3.43. The molecule has 0 unspecified atom stereocenters. The van der Waals surface area contributed by atoms with Crippen molar-refractivity contribution in [1.82, 2.24) is 9.88 Å². The smallest absolute Gasteiger partial charge is 0.415 e. The van der Waals surface area contributed by atoms with E-state index in [0.29, 0.717) is 0 Å². The van der Waals surface area contributed by atoms with Crippen LogP contribution in [0.15, 0.2) is 30.5 Å². The van der Waals surface area contributed by atoms with Gasteiger partial charge in [0.05, 0.1) is 5.52 Å². The minimum absolute atomic E-state index is 0.775. The molecular formula is C18H24N2O2. The van der Waals surface area contributed by atoms with E-state index in [1.165, 1.54) is 42.2 Å². The zero-order valence-corrected chi connectivity index (χ0v) is 12.9. The first-order chi connectivity index (χ1) is 10.7. The van der Waals surface area contributed by atoms with Crippen LogP contribution in [0.1, 0.15) is 37.7 Å². The van der Waals surface area contributed by atoms with E-state index in [4.69, 9.17) is 0 Å². The fourth-order valence-corrected chi connectivity index (χ4v) is 3.43. The predicted molar refractivity (Wildman–Crippen MR) is 88.5 cm³/mol. The van der Waals surface area contributed by atoms with Crippen molar-refractivity contribution in [3.8, 4) is 0 Å². The first-order valence-corrected chi connectivity index (χ1v) is 8.28. The van der Waals surface area contributed by atoms with Gasteiger partial charge in [0.25, 0.3) is 0 Å². The Morgan fingerprint density at radius 1 is 1.23 bits per heavy atom. The monoisotopic (exact) mass is 300 g/mol. The second-order valence-corrected chi connectivity index (χ2v) is 6.32. The Morgan fingerprint density at radius 2 is 2.05 bits per heavy atom. The molecule has 3 rings (SSSR count). The zero-order chi connectivity index (χ0) is 15.4. The fraction of sp³-hybridized carbons (Fsp3) is 0.500. The molecule has 0 bridgehead atoms. The van der Waals surface area contributed by atoms with Crippen molar-refractivity contribution in [3.63, 3.8) is 0 Å². The summed E-state index contributed by atoms with van der Waals surface area (Å²) in [6, 6.07) is 7.93. The lowest BCUT2D eigenvalue weighted by atomic mass is 9.89. The third-order valence-corrected chi connectivity index (χ3v) is 4.71. The molecule has 1 aromatic carbocycles. The standard InChI is InChI=1S/C18H24N2O2/c21-18(22)20-11-9-16-7-6-14(12-17(16)20)8-10-19-13-15-4-2-1-3-5-15/h6-7,9,11-12,15,19H,1-5,8,10,13H2,(H,21,22). The van der Waals surface area contributed by atoms with E-state index < -0.39 is 6.09 Å². The highest BCUT2D eigenvalue weighted by atomic mass is 16.4. The Labute approximate surface area is 131 Å². The molecule has 1 aliphatic rings. The van der Waals surface area contributed by atoms with E-state index >= 15 is 0 Å². The third kappa shape index (κ3) is 3.50. The molecular weight excluding hydrogens is 276 g/mol. The molecule has 1 aromatic heterocycles. The maximum atomic E-state index is 11.2. The molecule has 0 spiro atoms. The van der Waals surface area contributed by atoms with Crippen LogP contribution in [0.25, 0.3) is 10.9 Å². The number of carboxylic acid groups (broad SMARTS) is 1. The maximum absolute atomic E-state index is 11.2. The van der Waals surface area contributed by atoms with Gasteiger partial charge in [-0.2, -0.15) is 0 Å². The van der Waals surface area contributed by atoms with E-state index in [-0.39, 0.29) is 0 Å². The van der Waals surface area contributed by atoms with Crippen LogP contribution in [0.4, 0.5) is 4.79 Å². The topological polar surface area (TPSA) is 54.3 Å². The van der Waals surface area contributed by atoms with Crippen LogP contribution in [0.3, 0.4) is 0 Å². The Bertz CT molecular complexity index is 642. The summed E-state index contributed by atoms with van der Waals surface area (Å²) < 4.78 is 1.29. The maximum Gasteiger partial charge on any atom is 0.415 e. The molecule has 0 radical (unpaired) electrons. The van der Waals surface area contributed by atoms with Gasteiger partial charge in [-0.05, 0) is 56.0 Å². The molecule has 4 heteroatoms. The van der Waals surface area contributed by atoms with Crippen molar-refractivity contribution in [2.24, 2.45) is 5.92 Å². The summed E-state index contributed by atoms with van der Waals surface area (Å²) in [4.78, 5) is 11.2. The van der Waals surface area contributed by atoms with E-state index in [1.54, 1.807) is 6.20 Å². The lowest BCUT2D eigenvalue weighted by Crippen LogP contribution is -2.26. The van der Waals surface area contributed by atoms with Gasteiger partial charge in [-0.1, -0.05) is 31.4 Å². The molecule has 4 nitrogen and oxygen atoms in total. The lowest BCUT2D eigenvalue weighted by molar-refractivity contribution is 0.197. The second kappa shape index (κ2) is 6.97. The van der Waals surface area contributed by atoms with E-state index in [9.17, 15) is 9.90 Å². The molecule has 2 N–H and O–H groups in total. The van der Waals surface area contributed by atoms with Gasteiger partial charge in [0.2, 0.25) is 0 Å². The van der Waals surface area contributed by atoms with Gasteiger partial charge in [-0.15, -0.1) is 0 Å². The van der Waals surface area contributed by atoms with E-state index in [2.05, 4.69) is 11.4 Å². The first kappa shape index (κ1) is 15.1. The van der Waals surface area contributed by atoms with Crippen LogP contribution in [-0.2, 0) is 6.42 Å². The molecule has 22 heavy (non-hydrogen) atoms. The second-order valence-electron chi connectivity index (χ2n) is 6.32. The van der Waals surface area contributed by atoms with Gasteiger partial charge in [0.15, 0.2) is 0 Å². The summed E-state index contributed by atoms with van der Waals surface area (Å²) in [5.74, 6) is 0.848. The summed E-state index contributed by atoms with van der Waals surface area (Å²) in [5.41, 5.74) is 1.96. The molecule has 0 saturated heterocycles. The van der Waals surface area contributed by atoms with Gasteiger partial charge in [-0.3, -0.25) is 4.57 Å². The molecule has 2 aromatic rings. The quantitative estimate of drug-likeness (QED) is 0.824. The van der Waals surface area contributed by atoms with Crippen LogP contribution >= 0.6 is 0 Å². The average molecular weight is 300 g/mol. The first-order valence-electron chi connectivity index (χ1n) is 8.28. The van der Waals surface area contributed by atoms with E-state index in [0.717, 1.165) is 36.3 Å². The van der Waals surface area contributed by atoms with Gasteiger partial charge < -0.3 is 10.4 Å². The molecule has 1 fully saturated rings. The van der Waals surface area contributed by atoms with Gasteiger partial charge in [-0.25, -0.2) is 4.79 Å². The number of benzene rings is 1. The minimum atomic E-state index is -0.928. The summed E-state index contributed by atoms with van der Waals surface area (Å²) in [5, 5.41) is 13.7. The summed E-state index contributed by atoms with van der Waals surface area (Å²) in [7, 11) is 0. The van der Waals surface area contributed by atoms with E-state index in [1.807, 2.05) is 18.2 Å². The normalized spacial score (nSPS) is 16.2. The van der Waals surface area contributed by atoms with Gasteiger partial charge in [0.1, 0.15) is 0 Å². The highest BCUT2D eigenvalue weighted by Crippen LogP contribution is 2.22. The molecule has 0 atom stereocenters. The minimum Gasteiger partial charge on any atom is -0.464 e. The van der Waals surface area contributed by atoms with Crippen molar-refractivity contribution in [1.29, 1.82) is 0 Å². The highest BCUT2D eigenvalue weighted by Gasteiger charge is 2.12. The molecule has 1 heterocycles. The molecule has 1 aliphatic carbocycles. The number of rotatable bonds is 5.